The third-order valence-corrected chi connectivity index (χ3v) is 2.03. The largest absolute Gasteiger partial charge is 0.338 e. The minimum absolute atomic E-state index is 0.0483. The first-order chi connectivity index (χ1) is 6.25. The molecular weight excluding hydrogens is 170 g/mol. The van der Waals surface area contributed by atoms with E-state index in [1.54, 1.807) is 4.90 Å². The van der Waals surface area contributed by atoms with E-state index in [0.29, 0.717) is 13.1 Å². The minimum Gasteiger partial charge on any atom is -0.338 e. The van der Waals surface area contributed by atoms with Crippen molar-refractivity contribution in [3.05, 3.63) is 12.7 Å². The maximum Gasteiger partial charge on any atom is 0.244 e. The maximum absolute atomic E-state index is 11.4. The summed E-state index contributed by atoms with van der Waals surface area (Å²) in [6.07, 6.45) is 2.94. The van der Waals surface area contributed by atoms with Crippen molar-refractivity contribution in [3.63, 3.8) is 0 Å². The number of hydrogen-bond acceptors (Lipinski definition) is 4. The van der Waals surface area contributed by atoms with E-state index in [0.717, 1.165) is 0 Å². The van der Waals surface area contributed by atoms with Crippen LogP contribution < -0.4 is 5.73 Å². The number of carbonyl (C=O) groups excluding carboxylic acids is 1. The Labute approximate surface area is 75.3 Å². The number of carbonyl (C=O) groups is 1. The van der Waals surface area contributed by atoms with Crippen LogP contribution in [0.2, 0.25) is 0 Å². The van der Waals surface area contributed by atoms with Crippen LogP contribution in [0.15, 0.2) is 12.7 Å². The van der Waals surface area contributed by atoms with Crippen LogP contribution in [0.4, 0.5) is 0 Å². The van der Waals surface area contributed by atoms with Gasteiger partial charge in [0.2, 0.25) is 5.91 Å². The predicted octanol–water partition coefficient (Wildman–Crippen LogP) is -1.55. The van der Waals surface area contributed by atoms with Gasteiger partial charge in [0.1, 0.15) is 19.2 Å². The zero-order chi connectivity index (χ0) is 9.26. The van der Waals surface area contributed by atoms with Crippen molar-refractivity contribution in [2.45, 2.75) is 12.6 Å². The Kier molecular flexibility index (Phi) is 1.97. The molecule has 0 unspecified atom stereocenters. The monoisotopic (exact) mass is 181 g/mol. The van der Waals surface area contributed by atoms with E-state index < -0.39 is 0 Å². The van der Waals surface area contributed by atoms with Crippen molar-refractivity contribution in [3.8, 4) is 0 Å². The first-order valence-corrected chi connectivity index (χ1v) is 4.11. The molecule has 1 aromatic heterocycles. The van der Waals surface area contributed by atoms with Gasteiger partial charge in [-0.2, -0.15) is 5.10 Å². The van der Waals surface area contributed by atoms with Crippen LogP contribution >= 0.6 is 0 Å². The summed E-state index contributed by atoms with van der Waals surface area (Å²) < 4.78 is 1.51. The molecule has 0 spiro atoms. The quantitative estimate of drug-likeness (QED) is 0.599. The highest BCUT2D eigenvalue weighted by atomic mass is 16.2. The molecule has 0 aromatic carbocycles. The molecule has 2 rings (SSSR count). The van der Waals surface area contributed by atoms with Crippen molar-refractivity contribution >= 4 is 5.91 Å². The van der Waals surface area contributed by atoms with Crippen LogP contribution in [0, 0.1) is 0 Å². The molecule has 0 bridgehead atoms. The molecule has 13 heavy (non-hydrogen) atoms. The summed E-state index contributed by atoms with van der Waals surface area (Å²) in [6.45, 7) is 1.58. The summed E-state index contributed by atoms with van der Waals surface area (Å²) in [4.78, 5) is 16.9. The fourth-order valence-corrected chi connectivity index (χ4v) is 1.27. The van der Waals surface area contributed by atoms with Gasteiger partial charge in [0.05, 0.1) is 0 Å². The van der Waals surface area contributed by atoms with Crippen LogP contribution in [-0.4, -0.2) is 44.7 Å². The predicted molar refractivity (Wildman–Crippen MR) is 44.6 cm³/mol. The molecule has 0 radical (unpaired) electrons. The van der Waals surface area contributed by atoms with E-state index in [1.807, 2.05) is 0 Å². The number of aromatic nitrogens is 3. The molecule has 1 saturated heterocycles. The van der Waals surface area contributed by atoms with Gasteiger partial charge in [-0.15, -0.1) is 0 Å². The lowest BCUT2D eigenvalue weighted by molar-refractivity contribution is -0.136. The minimum atomic E-state index is 0.0483. The average molecular weight is 181 g/mol. The first-order valence-electron chi connectivity index (χ1n) is 4.11. The molecule has 1 fully saturated rings. The molecule has 0 saturated carbocycles. The highest BCUT2D eigenvalue weighted by molar-refractivity contribution is 5.76. The van der Waals surface area contributed by atoms with Crippen LogP contribution in [0.5, 0.6) is 0 Å². The van der Waals surface area contributed by atoms with Gasteiger partial charge in [-0.25, -0.2) is 9.67 Å². The molecule has 0 atom stereocenters. The first kappa shape index (κ1) is 8.18. The fourth-order valence-electron chi connectivity index (χ4n) is 1.27. The van der Waals surface area contributed by atoms with Crippen LogP contribution in [0.1, 0.15) is 0 Å². The van der Waals surface area contributed by atoms with Crippen LogP contribution in [-0.2, 0) is 11.3 Å². The molecular formula is C7H11N5O. The van der Waals surface area contributed by atoms with Crippen molar-refractivity contribution < 1.29 is 4.79 Å². The molecule has 1 aliphatic heterocycles. The molecule has 6 nitrogen and oxygen atoms in total. The molecule has 0 aliphatic carbocycles. The van der Waals surface area contributed by atoms with Gasteiger partial charge in [0, 0.05) is 19.1 Å². The highest BCUT2D eigenvalue weighted by Crippen LogP contribution is 2.05. The van der Waals surface area contributed by atoms with E-state index in [2.05, 4.69) is 10.1 Å². The number of amides is 1. The Balaban J connectivity index is 1.86. The van der Waals surface area contributed by atoms with E-state index in [9.17, 15) is 4.79 Å². The van der Waals surface area contributed by atoms with Crippen molar-refractivity contribution in [1.29, 1.82) is 0 Å². The lowest BCUT2D eigenvalue weighted by Crippen LogP contribution is -2.58. The number of likely N-dealkylation sites (tertiary alicyclic amines) is 1. The normalized spacial score (nSPS) is 17.2. The fraction of sp³-hybridized carbons (Fsp3) is 0.571. The summed E-state index contributed by atoms with van der Waals surface area (Å²) in [5.41, 5.74) is 5.55. The SMILES string of the molecule is NC1CN(C(=O)Cn2cncn2)C1. The topological polar surface area (TPSA) is 77.0 Å². The van der Waals surface area contributed by atoms with E-state index in [4.69, 9.17) is 5.73 Å². The standard InChI is InChI=1S/C7H11N5O/c8-6-1-11(2-6)7(13)3-12-5-9-4-10-12/h4-6H,1-3,8H2. The lowest BCUT2D eigenvalue weighted by atomic mass is 10.1. The highest BCUT2D eigenvalue weighted by Gasteiger charge is 2.27. The second kappa shape index (κ2) is 3.14. The summed E-state index contributed by atoms with van der Waals surface area (Å²) in [6, 6.07) is 0.152. The smallest absolute Gasteiger partial charge is 0.244 e. The van der Waals surface area contributed by atoms with Crippen LogP contribution in [0.25, 0.3) is 0 Å². The summed E-state index contributed by atoms with van der Waals surface area (Å²) >= 11 is 0. The Morgan fingerprint density at radius 1 is 1.62 bits per heavy atom. The molecule has 70 valence electrons. The van der Waals surface area contributed by atoms with Crippen LogP contribution in [0.3, 0.4) is 0 Å². The molecule has 1 aromatic rings. The van der Waals surface area contributed by atoms with Gasteiger partial charge in [-0.05, 0) is 0 Å². The number of rotatable bonds is 2. The molecule has 1 aliphatic rings. The Morgan fingerprint density at radius 3 is 2.92 bits per heavy atom. The molecule has 6 heteroatoms. The van der Waals surface area contributed by atoms with E-state index >= 15 is 0 Å². The number of hydrogen-bond donors (Lipinski definition) is 1. The lowest BCUT2D eigenvalue weighted by Gasteiger charge is -2.36. The maximum atomic E-state index is 11.4. The Bertz CT molecular complexity index is 290. The number of nitrogens with zero attached hydrogens (tertiary/aromatic N) is 4. The number of nitrogens with two attached hydrogens (primary N) is 1. The van der Waals surface area contributed by atoms with Gasteiger partial charge >= 0.3 is 0 Å². The average Bonchev–Trinajstić information content (AvgIpc) is 2.51. The van der Waals surface area contributed by atoms with Crippen molar-refractivity contribution in [1.82, 2.24) is 19.7 Å². The Hall–Kier alpha value is -1.43. The van der Waals surface area contributed by atoms with Gasteiger partial charge in [-0.1, -0.05) is 0 Å². The summed E-state index contributed by atoms with van der Waals surface area (Å²) in [5.74, 6) is 0.0483. The summed E-state index contributed by atoms with van der Waals surface area (Å²) in [7, 11) is 0. The zero-order valence-electron chi connectivity index (χ0n) is 7.13. The van der Waals surface area contributed by atoms with Gasteiger partial charge in [0.25, 0.3) is 0 Å². The second-order valence-corrected chi connectivity index (χ2v) is 3.15. The van der Waals surface area contributed by atoms with Gasteiger partial charge in [-0.3, -0.25) is 4.79 Å². The van der Waals surface area contributed by atoms with Gasteiger partial charge in [0.15, 0.2) is 0 Å². The van der Waals surface area contributed by atoms with Gasteiger partial charge < -0.3 is 10.6 Å². The molecule has 2 N–H and O–H groups in total. The third-order valence-electron chi connectivity index (χ3n) is 2.03. The molecule has 2 heterocycles. The summed E-state index contributed by atoms with van der Waals surface area (Å²) in [5, 5.41) is 3.84. The van der Waals surface area contributed by atoms with Crippen molar-refractivity contribution in [2.24, 2.45) is 5.73 Å². The molecule has 1 amide bonds. The second-order valence-electron chi connectivity index (χ2n) is 3.15. The zero-order valence-corrected chi connectivity index (χ0v) is 7.13. The third kappa shape index (κ3) is 1.67. The van der Waals surface area contributed by atoms with Crippen molar-refractivity contribution in [2.75, 3.05) is 13.1 Å². The van der Waals surface area contributed by atoms with E-state index in [-0.39, 0.29) is 18.5 Å². The Morgan fingerprint density at radius 2 is 2.38 bits per heavy atom. The van der Waals surface area contributed by atoms with E-state index in [1.165, 1.54) is 17.3 Å².